The summed E-state index contributed by atoms with van der Waals surface area (Å²) in [4.78, 5) is 28.5. The van der Waals surface area contributed by atoms with Gasteiger partial charge in [0.2, 0.25) is 0 Å². The normalized spacial score (nSPS) is 11.2. The SMILES string of the molecule is CCCc1nc2ccc(Br)cc2c(=O)n1N=Cc1cc(OC)c(OCc2cccc([N+](=O)[O-])c2)cc1Br. The van der Waals surface area contributed by atoms with Crippen LogP contribution in [0.4, 0.5) is 5.69 Å². The summed E-state index contributed by atoms with van der Waals surface area (Å²) in [6.07, 6.45) is 2.95. The minimum atomic E-state index is -0.448. The van der Waals surface area contributed by atoms with Crippen molar-refractivity contribution in [1.29, 1.82) is 0 Å². The second-order valence-corrected chi connectivity index (χ2v) is 9.81. The number of halogens is 2. The highest BCUT2D eigenvalue weighted by molar-refractivity contribution is 9.10. The Bertz CT molecular complexity index is 1570. The summed E-state index contributed by atoms with van der Waals surface area (Å²) >= 11 is 6.94. The van der Waals surface area contributed by atoms with Crippen molar-refractivity contribution in [2.45, 2.75) is 26.4 Å². The molecular formula is C26H22Br2N4O5. The summed E-state index contributed by atoms with van der Waals surface area (Å²) in [6.45, 7) is 2.13. The molecule has 0 saturated carbocycles. The number of non-ortho nitro benzene ring substituents is 1. The zero-order chi connectivity index (χ0) is 26.5. The summed E-state index contributed by atoms with van der Waals surface area (Å²) in [5.41, 5.74) is 1.66. The lowest BCUT2D eigenvalue weighted by Gasteiger charge is -2.13. The number of hydrogen-bond acceptors (Lipinski definition) is 7. The fourth-order valence-electron chi connectivity index (χ4n) is 3.66. The molecule has 4 rings (SSSR count). The van der Waals surface area contributed by atoms with Gasteiger partial charge in [-0.2, -0.15) is 9.78 Å². The molecule has 0 spiro atoms. The highest BCUT2D eigenvalue weighted by Crippen LogP contribution is 2.33. The van der Waals surface area contributed by atoms with E-state index in [1.54, 1.807) is 36.5 Å². The van der Waals surface area contributed by atoms with Crippen molar-refractivity contribution in [3.63, 3.8) is 0 Å². The maximum Gasteiger partial charge on any atom is 0.282 e. The van der Waals surface area contributed by atoms with Crippen molar-refractivity contribution >= 4 is 54.7 Å². The van der Waals surface area contributed by atoms with Crippen LogP contribution in [0.15, 0.2) is 73.4 Å². The summed E-state index contributed by atoms with van der Waals surface area (Å²) in [7, 11) is 1.51. The van der Waals surface area contributed by atoms with Crippen LogP contribution in [0.1, 0.15) is 30.3 Å². The molecule has 0 bridgehead atoms. The zero-order valence-electron chi connectivity index (χ0n) is 20.0. The summed E-state index contributed by atoms with van der Waals surface area (Å²) < 4.78 is 14.2. The van der Waals surface area contributed by atoms with E-state index in [-0.39, 0.29) is 17.9 Å². The van der Waals surface area contributed by atoms with E-state index in [1.165, 1.54) is 23.9 Å². The minimum Gasteiger partial charge on any atom is -0.493 e. The molecule has 0 N–H and O–H groups in total. The van der Waals surface area contributed by atoms with Gasteiger partial charge in [0, 0.05) is 33.1 Å². The van der Waals surface area contributed by atoms with E-state index in [0.29, 0.717) is 50.2 Å². The predicted octanol–water partition coefficient (Wildman–Crippen LogP) is 6.25. The molecule has 0 aliphatic carbocycles. The van der Waals surface area contributed by atoms with E-state index in [0.717, 1.165) is 10.9 Å². The first-order valence-corrected chi connectivity index (χ1v) is 12.9. The van der Waals surface area contributed by atoms with Crippen molar-refractivity contribution < 1.29 is 14.4 Å². The number of benzene rings is 3. The predicted molar refractivity (Wildman–Crippen MR) is 149 cm³/mol. The minimum absolute atomic E-state index is 0.00553. The Kier molecular flexibility index (Phi) is 8.34. The van der Waals surface area contributed by atoms with Gasteiger partial charge in [-0.25, -0.2) is 4.98 Å². The average molecular weight is 630 g/mol. The van der Waals surface area contributed by atoms with Crippen LogP contribution in [0.5, 0.6) is 11.5 Å². The van der Waals surface area contributed by atoms with Crippen LogP contribution in [0.3, 0.4) is 0 Å². The number of aryl methyl sites for hydroxylation is 1. The summed E-state index contributed by atoms with van der Waals surface area (Å²) in [5.74, 6) is 1.45. The largest absolute Gasteiger partial charge is 0.493 e. The first-order valence-electron chi connectivity index (χ1n) is 11.3. The highest BCUT2D eigenvalue weighted by atomic mass is 79.9. The molecule has 0 unspecified atom stereocenters. The Morgan fingerprint density at radius 1 is 1.14 bits per heavy atom. The Morgan fingerprint density at radius 3 is 2.68 bits per heavy atom. The molecule has 1 aromatic heterocycles. The van der Waals surface area contributed by atoms with Gasteiger partial charge in [-0.3, -0.25) is 14.9 Å². The van der Waals surface area contributed by atoms with E-state index in [1.807, 2.05) is 19.1 Å². The van der Waals surface area contributed by atoms with E-state index in [4.69, 9.17) is 9.47 Å². The summed E-state index contributed by atoms with van der Waals surface area (Å²) in [5, 5.41) is 16.0. The van der Waals surface area contributed by atoms with Gasteiger partial charge in [-0.05, 0) is 58.2 Å². The van der Waals surface area contributed by atoms with Crippen LogP contribution < -0.4 is 15.0 Å². The number of methoxy groups -OCH3 is 1. The molecule has 0 fully saturated rings. The third kappa shape index (κ3) is 6.05. The number of fused-ring (bicyclic) bond motifs is 1. The second-order valence-electron chi connectivity index (χ2n) is 8.04. The van der Waals surface area contributed by atoms with E-state index in [9.17, 15) is 14.9 Å². The van der Waals surface area contributed by atoms with Crippen LogP contribution in [0, 0.1) is 10.1 Å². The fourth-order valence-corrected chi connectivity index (χ4v) is 4.45. The molecule has 0 atom stereocenters. The Hall–Kier alpha value is -3.57. The van der Waals surface area contributed by atoms with Crippen molar-refractivity contribution in [1.82, 2.24) is 9.66 Å². The molecule has 9 nitrogen and oxygen atoms in total. The molecule has 0 amide bonds. The topological polar surface area (TPSA) is 109 Å². The second kappa shape index (κ2) is 11.7. The molecule has 190 valence electrons. The van der Waals surface area contributed by atoms with Crippen molar-refractivity contribution in [2.24, 2.45) is 5.10 Å². The van der Waals surface area contributed by atoms with Gasteiger partial charge < -0.3 is 9.47 Å². The van der Waals surface area contributed by atoms with Gasteiger partial charge >= 0.3 is 0 Å². The first kappa shape index (κ1) is 26.5. The van der Waals surface area contributed by atoms with E-state index >= 15 is 0 Å². The van der Waals surface area contributed by atoms with Gasteiger partial charge in [-0.1, -0.05) is 35.0 Å². The van der Waals surface area contributed by atoms with Crippen molar-refractivity contribution in [3.05, 3.63) is 101 Å². The van der Waals surface area contributed by atoms with Crippen LogP contribution in [-0.4, -0.2) is 27.9 Å². The van der Waals surface area contributed by atoms with Crippen LogP contribution in [0.2, 0.25) is 0 Å². The molecule has 1 heterocycles. The van der Waals surface area contributed by atoms with Crippen molar-refractivity contribution in [2.75, 3.05) is 7.11 Å². The molecule has 37 heavy (non-hydrogen) atoms. The molecular weight excluding hydrogens is 608 g/mol. The number of nitrogens with zero attached hydrogens (tertiary/aromatic N) is 4. The van der Waals surface area contributed by atoms with Crippen LogP contribution >= 0.6 is 31.9 Å². The molecule has 0 radical (unpaired) electrons. The molecule has 3 aromatic carbocycles. The Labute approximate surface area is 229 Å². The standard InChI is InChI=1S/C26H22Br2N4O5/c1-3-5-25-30-22-9-8-18(27)12-20(22)26(33)31(25)29-14-17-11-23(36-2)24(13-21(17)28)37-15-16-6-4-7-19(10-16)32(34)35/h4,6-14H,3,5,15H2,1-2H3. The zero-order valence-corrected chi connectivity index (χ0v) is 23.2. The number of nitro groups is 1. The molecule has 0 aliphatic rings. The maximum absolute atomic E-state index is 13.2. The van der Waals surface area contributed by atoms with E-state index in [2.05, 4.69) is 41.9 Å². The smallest absolute Gasteiger partial charge is 0.282 e. The van der Waals surface area contributed by atoms with Crippen molar-refractivity contribution in [3.8, 4) is 11.5 Å². The quantitative estimate of drug-likeness (QED) is 0.123. The van der Waals surface area contributed by atoms with Gasteiger partial charge in [0.15, 0.2) is 11.5 Å². The Balaban J connectivity index is 1.65. The molecule has 0 saturated heterocycles. The third-order valence-electron chi connectivity index (χ3n) is 5.46. The lowest BCUT2D eigenvalue weighted by Crippen LogP contribution is -2.22. The number of hydrogen-bond donors (Lipinski definition) is 0. The molecule has 4 aromatic rings. The van der Waals surface area contributed by atoms with Crippen LogP contribution in [0.25, 0.3) is 10.9 Å². The third-order valence-corrected chi connectivity index (χ3v) is 6.64. The van der Waals surface area contributed by atoms with Gasteiger partial charge in [0.05, 0.1) is 29.2 Å². The number of aromatic nitrogens is 2. The maximum atomic E-state index is 13.2. The van der Waals surface area contributed by atoms with Crippen LogP contribution in [-0.2, 0) is 13.0 Å². The summed E-state index contributed by atoms with van der Waals surface area (Å²) in [6, 6.07) is 15.1. The average Bonchev–Trinajstić information content (AvgIpc) is 2.88. The lowest BCUT2D eigenvalue weighted by atomic mass is 10.2. The highest BCUT2D eigenvalue weighted by Gasteiger charge is 2.13. The van der Waals surface area contributed by atoms with Gasteiger partial charge in [-0.15, -0.1) is 0 Å². The number of nitro benzene ring substituents is 1. The van der Waals surface area contributed by atoms with Gasteiger partial charge in [0.1, 0.15) is 12.4 Å². The van der Waals surface area contributed by atoms with E-state index < -0.39 is 4.92 Å². The Morgan fingerprint density at radius 2 is 1.95 bits per heavy atom. The first-order chi connectivity index (χ1) is 17.8. The monoisotopic (exact) mass is 628 g/mol. The lowest BCUT2D eigenvalue weighted by molar-refractivity contribution is -0.384. The van der Waals surface area contributed by atoms with Gasteiger partial charge in [0.25, 0.3) is 11.2 Å². The fraction of sp³-hybridized carbons (Fsp3) is 0.192. The molecule has 11 heteroatoms. The number of ether oxygens (including phenoxy) is 2. The molecule has 0 aliphatic heterocycles. The number of rotatable bonds is 9.